The van der Waals surface area contributed by atoms with Crippen molar-refractivity contribution in [2.45, 2.75) is 38.8 Å². The fourth-order valence-electron chi connectivity index (χ4n) is 3.93. The normalized spacial score (nSPS) is 13.8. The van der Waals surface area contributed by atoms with Gasteiger partial charge >= 0.3 is 6.18 Å². The van der Waals surface area contributed by atoms with Crippen LogP contribution in [0.2, 0.25) is 0 Å². The quantitative estimate of drug-likeness (QED) is 0.439. The van der Waals surface area contributed by atoms with Crippen LogP contribution in [0.3, 0.4) is 0 Å². The molecule has 2 atom stereocenters. The summed E-state index contributed by atoms with van der Waals surface area (Å²) in [5.41, 5.74) is 4.78. The molecule has 4 heteroatoms. The van der Waals surface area contributed by atoms with Crippen LogP contribution in [0.15, 0.2) is 66.7 Å². The Labute approximate surface area is 170 Å². The van der Waals surface area contributed by atoms with E-state index in [0.29, 0.717) is 0 Å². The Morgan fingerprint density at radius 1 is 0.724 bits per heavy atom. The molecule has 0 aliphatic heterocycles. The van der Waals surface area contributed by atoms with E-state index in [1.165, 1.54) is 28.8 Å². The average molecular weight is 398 g/mol. The largest absolute Gasteiger partial charge is 0.497 e. The van der Waals surface area contributed by atoms with E-state index >= 15 is 0 Å². The van der Waals surface area contributed by atoms with Crippen LogP contribution in [-0.2, 0) is 6.18 Å². The molecule has 0 radical (unpaired) electrons. The molecule has 0 amide bonds. The number of aryl methyl sites for hydroxylation is 2. The highest BCUT2D eigenvalue weighted by Gasteiger charge is 2.31. The van der Waals surface area contributed by atoms with Crippen LogP contribution in [-0.4, -0.2) is 7.11 Å². The van der Waals surface area contributed by atoms with Gasteiger partial charge in [-0.05, 0) is 60.7 Å². The molecular weight excluding hydrogens is 373 g/mol. The Morgan fingerprint density at radius 2 is 1.21 bits per heavy atom. The number of hydrogen-bond acceptors (Lipinski definition) is 1. The van der Waals surface area contributed by atoms with Crippen molar-refractivity contribution >= 4 is 0 Å². The van der Waals surface area contributed by atoms with Crippen LogP contribution in [0.4, 0.5) is 13.2 Å². The molecule has 0 unspecified atom stereocenters. The Kier molecular flexibility index (Phi) is 6.02. The predicted molar refractivity (Wildman–Crippen MR) is 111 cm³/mol. The molecule has 3 aromatic rings. The molecule has 0 N–H and O–H groups in total. The van der Waals surface area contributed by atoms with E-state index in [-0.39, 0.29) is 11.8 Å². The van der Waals surface area contributed by atoms with Gasteiger partial charge in [-0.25, -0.2) is 0 Å². The molecule has 152 valence electrons. The van der Waals surface area contributed by atoms with Gasteiger partial charge in [0.15, 0.2) is 0 Å². The Bertz CT molecular complexity index is 937. The van der Waals surface area contributed by atoms with E-state index in [9.17, 15) is 13.2 Å². The van der Waals surface area contributed by atoms with E-state index in [0.717, 1.165) is 16.9 Å². The van der Waals surface area contributed by atoms with Crippen LogP contribution >= 0.6 is 0 Å². The van der Waals surface area contributed by atoms with Crippen molar-refractivity contribution < 1.29 is 17.9 Å². The molecule has 1 nitrogen and oxygen atoms in total. The van der Waals surface area contributed by atoms with Crippen molar-refractivity contribution in [3.63, 3.8) is 0 Å². The van der Waals surface area contributed by atoms with Crippen molar-refractivity contribution in [3.8, 4) is 5.75 Å². The van der Waals surface area contributed by atoms with Gasteiger partial charge in [0.1, 0.15) is 5.75 Å². The van der Waals surface area contributed by atoms with Crippen molar-refractivity contribution in [1.82, 2.24) is 0 Å². The van der Waals surface area contributed by atoms with Gasteiger partial charge in [-0.1, -0.05) is 60.5 Å². The molecule has 0 aliphatic rings. The minimum Gasteiger partial charge on any atom is -0.497 e. The minimum atomic E-state index is -4.34. The molecule has 0 saturated carbocycles. The summed E-state index contributed by atoms with van der Waals surface area (Å²) in [4.78, 5) is 0. The fraction of sp³-hybridized carbons (Fsp3) is 0.280. The second kappa shape index (κ2) is 8.32. The fourth-order valence-corrected chi connectivity index (χ4v) is 3.93. The summed E-state index contributed by atoms with van der Waals surface area (Å²) >= 11 is 0. The number of alkyl halides is 3. The molecule has 0 fully saturated rings. The predicted octanol–water partition coefficient (Wildman–Crippen LogP) is 7.27. The Balaban J connectivity index is 2.08. The van der Waals surface area contributed by atoms with Gasteiger partial charge in [-0.3, -0.25) is 0 Å². The molecule has 0 saturated heterocycles. The third kappa shape index (κ3) is 4.81. The van der Waals surface area contributed by atoms with Gasteiger partial charge in [-0.15, -0.1) is 0 Å². The minimum absolute atomic E-state index is 0.0793. The van der Waals surface area contributed by atoms with Gasteiger partial charge < -0.3 is 4.74 Å². The number of rotatable bonds is 5. The topological polar surface area (TPSA) is 9.23 Å². The molecule has 0 heterocycles. The summed E-state index contributed by atoms with van der Waals surface area (Å²) in [6.45, 7) is 6.24. The lowest BCUT2D eigenvalue weighted by Gasteiger charge is -2.27. The summed E-state index contributed by atoms with van der Waals surface area (Å²) in [5.74, 6) is 0.752. The molecule has 3 aromatic carbocycles. The molecule has 0 spiro atoms. The summed E-state index contributed by atoms with van der Waals surface area (Å²) in [7, 11) is 1.61. The molecule has 0 aromatic heterocycles. The van der Waals surface area contributed by atoms with Gasteiger partial charge in [0.05, 0.1) is 12.7 Å². The zero-order valence-electron chi connectivity index (χ0n) is 17.0. The molecule has 3 rings (SSSR count). The monoisotopic (exact) mass is 398 g/mol. The summed E-state index contributed by atoms with van der Waals surface area (Å²) < 4.78 is 44.3. The number of benzene rings is 3. The first-order valence-electron chi connectivity index (χ1n) is 9.58. The van der Waals surface area contributed by atoms with Crippen LogP contribution in [0.25, 0.3) is 0 Å². The van der Waals surface area contributed by atoms with E-state index in [1.54, 1.807) is 19.2 Å². The first-order valence-corrected chi connectivity index (χ1v) is 9.58. The van der Waals surface area contributed by atoms with Gasteiger partial charge in [-0.2, -0.15) is 13.2 Å². The lowest BCUT2D eigenvalue weighted by molar-refractivity contribution is -0.137. The van der Waals surface area contributed by atoms with Gasteiger partial charge in [0, 0.05) is 5.92 Å². The Hall–Kier alpha value is -2.75. The molecule has 29 heavy (non-hydrogen) atoms. The summed E-state index contributed by atoms with van der Waals surface area (Å²) in [6.07, 6.45) is -4.34. The van der Waals surface area contributed by atoms with Crippen LogP contribution in [0.5, 0.6) is 5.75 Å². The zero-order valence-corrected chi connectivity index (χ0v) is 17.0. The van der Waals surface area contributed by atoms with Crippen molar-refractivity contribution in [3.05, 3.63) is 100 Å². The first kappa shape index (κ1) is 21.0. The first-order chi connectivity index (χ1) is 13.7. The number of ether oxygens (including phenoxy) is 1. The van der Waals surface area contributed by atoms with Gasteiger partial charge in [0.25, 0.3) is 0 Å². The highest BCUT2D eigenvalue weighted by atomic mass is 19.4. The molecule has 0 bridgehead atoms. The van der Waals surface area contributed by atoms with E-state index in [2.05, 4.69) is 39.0 Å². The van der Waals surface area contributed by atoms with Crippen LogP contribution in [0.1, 0.15) is 52.1 Å². The maximum Gasteiger partial charge on any atom is 0.416 e. The van der Waals surface area contributed by atoms with E-state index in [4.69, 9.17) is 4.74 Å². The van der Waals surface area contributed by atoms with Gasteiger partial charge in [0.2, 0.25) is 0 Å². The Morgan fingerprint density at radius 3 is 1.66 bits per heavy atom. The number of halogens is 3. The lowest BCUT2D eigenvalue weighted by Crippen LogP contribution is -2.12. The lowest BCUT2D eigenvalue weighted by atomic mass is 9.77. The highest BCUT2D eigenvalue weighted by Crippen LogP contribution is 2.40. The van der Waals surface area contributed by atoms with Crippen LogP contribution < -0.4 is 4.74 Å². The summed E-state index contributed by atoms with van der Waals surface area (Å²) in [5, 5.41) is 0. The zero-order chi connectivity index (χ0) is 21.2. The number of hydrogen-bond donors (Lipinski definition) is 0. The molecular formula is C25H25F3O. The maximum atomic E-state index is 13.0. The van der Waals surface area contributed by atoms with E-state index in [1.807, 2.05) is 24.3 Å². The SMILES string of the molecule is COc1ccc([C@@H](c2ccc(C(F)(F)F)cc2)[C@@H](C)c2cc(C)cc(C)c2)cc1. The maximum absolute atomic E-state index is 13.0. The van der Waals surface area contributed by atoms with Crippen molar-refractivity contribution in [2.24, 2.45) is 0 Å². The second-order valence-corrected chi connectivity index (χ2v) is 7.58. The smallest absolute Gasteiger partial charge is 0.416 e. The molecule has 0 aliphatic carbocycles. The van der Waals surface area contributed by atoms with Crippen molar-refractivity contribution in [2.75, 3.05) is 7.11 Å². The number of methoxy groups -OCH3 is 1. The average Bonchev–Trinajstić information content (AvgIpc) is 2.67. The second-order valence-electron chi connectivity index (χ2n) is 7.58. The third-order valence-corrected chi connectivity index (χ3v) is 5.34. The summed E-state index contributed by atoms with van der Waals surface area (Å²) in [6, 6.07) is 19.7. The third-order valence-electron chi connectivity index (χ3n) is 5.34. The standard InChI is InChI=1S/C25H25F3O/c1-16-13-17(2)15-21(14-16)18(3)24(20-7-11-23(29-4)12-8-20)19-5-9-22(10-6-19)25(26,27)28/h5-15,18,24H,1-4H3/t18-,24+/m0/s1. The van der Waals surface area contributed by atoms with Crippen LogP contribution in [0, 0.1) is 13.8 Å². The van der Waals surface area contributed by atoms with Crippen molar-refractivity contribution in [1.29, 1.82) is 0 Å². The van der Waals surface area contributed by atoms with E-state index < -0.39 is 11.7 Å². The highest BCUT2D eigenvalue weighted by molar-refractivity contribution is 5.42.